The van der Waals surface area contributed by atoms with Crippen molar-refractivity contribution in [1.29, 1.82) is 0 Å². The standard InChI is InChI=1S/C24H18F2N2O3S/c25-20-9-3-16(4-10-20)14-28-24(29)23(19-7-11-21(26)12-8-19)22(13-27-28)18-5-1-17(2-6-18)15-32(30)31/h1-13,32H,14-15H2. The van der Waals surface area contributed by atoms with Crippen LogP contribution >= 0.6 is 0 Å². The van der Waals surface area contributed by atoms with E-state index in [9.17, 15) is 22.0 Å². The number of thiol groups is 1. The highest BCUT2D eigenvalue weighted by Crippen LogP contribution is 2.29. The zero-order valence-electron chi connectivity index (χ0n) is 16.7. The highest BCUT2D eigenvalue weighted by atomic mass is 32.2. The van der Waals surface area contributed by atoms with E-state index in [1.165, 1.54) is 41.1 Å². The predicted molar refractivity (Wildman–Crippen MR) is 119 cm³/mol. The maximum Gasteiger partial charge on any atom is 0.275 e. The topological polar surface area (TPSA) is 69.0 Å². The van der Waals surface area contributed by atoms with Crippen molar-refractivity contribution in [1.82, 2.24) is 9.78 Å². The molecular formula is C24H18F2N2O3S. The summed E-state index contributed by atoms with van der Waals surface area (Å²) < 4.78 is 49.9. The number of aromatic nitrogens is 2. The normalized spacial score (nSPS) is 11.1. The molecule has 8 heteroatoms. The molecule has 0 bridgehead atoms. The van der Waals surface area contributed by atoms with Gasteiger partial charge in [-0.1, -0.05) is 48.5 Å². The fourth-order valence-electron chi connectivity index (χ4n) is 3.42. The van der Waals surface area contributed by atoms with Gasteiger partial charge >= 0.3 is 0 Å². The van der Waals surface area contributed by atoms with E-state index in [0.717, 1.165) is 0 Å². The van der Waals surface area contributed by atoms with E-state index in [1.54, 1.807) is 42.6 Å². The van der Waals surface area contributed by atoms with Gasteiger partial charge < -0.3 is 0 Å². The van der Waals surface area contributed by atoms with Gasteiger partial charge in [0, 0.05) is 5.56 Å². The lowest BCUT2D eigenvalue weighted by Crippen LogP contribution is -2.25. The molecule has 0 aliphatic rings. The Bertz CT molecular complexity index is 1370. The second-order valence-electron chi connectivity index (χ2n) is 7.22. The zero-order valence-corrected chi connectivity index (χ0v) is 17.6. The molecule has 1 aromatic heterocycles. The smallest absolute Gasteiger partial charge is 0.267 e. The minimum atomic E-state index is -2.55. The Morgan fingerprint density at radius 1 is 0.750 bits per heavy atom. The molecule has 0 amide bonds. The van der Waals surface area contributed by atoms with Gasteiger partial charge in [0.2, 0.25) is 0 Å². The lowest BCUT2D eigenvalue weighted by Gasteiger charge is -2.13. The number of halogens is 2. The molecule has 0 unspecified atom stereocenters. The Hall–Kier alpha value is -3.65. The third-order valence-electron chi connectivity index (χ3n) is 5.00. The van der Waals surface area contributed by atoms with Gasteiger partial charge in [-0.2, -0.15) is 5.10 Å². The Balaban J connectivity index is 1.82. The van der Waals surface area contributed by atoms with Gasteiger partial charge in [0.1, 0.15) is 22.3 Å². The van der Waals surface area contributed by atoms with Gasteiger partial charge in [-0.3, -0.25) is 4.79 Å². The fourth-order valence-corrected chi connectivity index (χ4v) is 3.93. The summed E-state index contributed by atoms with van der Waals surface area (Å²) in [6.45, 7) is 0.142. The van der Waals surface area contributed by atoms with Crippen LogP contribution in [0.2, 0.25) is 0 Å². The first-order valence-corrected chi connectivity index (χ1v) is 11.1. The number of hydrogen-bond donors (Lipinski definition) is 1. The molecule has 0 radical (unpaired) electrons. The number of nitrogens with zero attached hydrogens (tertiary/aromatic N) is 2. The molecule has 162 valence electrons. The molecule has 3 aromatic carbocycles. The van der Waals surface area contributed by atoms with Gasteiger partial charge in [0.05, 0.1) is 24.1 Å². The summed E-state index contributed by atoms with van der Waals surface area (Å²) in [7, 11) is -2.55. The Labute approximate surface area is 184 Å². The van der Waals surface area contributed by atoms with Crippen LogP contribution in [0.4, 0.5) is 8.78 Å². The van der Waals surface area contributed by atoms with Gasteiger partial charge in [0.15, 0.2) is 0 Å². The molecule has 4 rings (SSSR count). The lowest BCUT2D eigenvalue weighted by atomic mass is 9.96. The van der Waals surface area contributed by atoms with Gasteiger partial charge in [-0.05, 0) is 46.5 Å². The summed E-state index contributed by atoms with van der Waals surface area (Å²) in [6.07, 6.45) is 1.55. The number of rotatable bonds is 6. The third-order valence-corrected chi connectivity index (χ3v) is 5.62. The molecule has 0 saturated carbocycles. The van der Waals surface area contributed by atoms with E-state index in [1.807, 2.05) is 0 Å². The summed E-state index contributed by atoms with van der Waals surface area (Å²) in [5.74, 6) is -0.869. The average molecular weight is 452 g/mol. The number of benzene rings is 3. The van der Waals surface area contributed by atoms with Crippen LogP contribution < -0.4 is 5.56 Å². The van der Waals surface area contributed by atoms with Crippen LogP contribution in [0.25, 0.3) is 22.3 Å². The first-order chi connectivity index (χ1) is 15.4. The first-order valence-electron chi connectivity index (χ1n) is 9.72. The summed E-state index contributed by atoms with van der Waals surface area (Å²) in [6, 6.07) is 18.2. The van der Waals surface area contributed by atoms with E-state index < -0.39 is 16.5 Å². The fraction of sp³-hybridized carbons (Fsp3) is 0.0833. The molecule has 0 fully saturated rings. The van der Waals surface area contributed by atoms with E-state index in [4.69, 9.17) is 0 Å². The van der Waals surface area contributed by atoms with Crippen molar-refractivity contribution < 1.29 is 17.2 Å². The molecule has 0 atom stereocenters. The minimum Gasteiger partial charge on any atom is -0.267 e. The SMILES string of the molecule is O=c1c(-c2ccc(F)cc2)c(-c2ccc(C[SH](=O)=O)cc2)cnn1Cc1ccc(F)cc1. The Morgan fingerprint density at radius 3 is 1.88 bits per heavy atom. The Kier molecular flexibility index (Phi) is 6.23. The van der Waals surface area contributed by atoms with Crippen LogP contribution in [0, 0.1) is 11.6 Å². The molecule has 0 aliphatic heterocycles. The molecule has 32 heavy (non-hydrogen) atoms. The quantitative estimate of drug-likeness (QED) is 0.449. The van der Waals surface area contributed by atoms with Crippen molar-refractivity contribution in [2.75, 3.05) is 0 Å². The van der Waals surface area contributed by atoms with Crippen molar-refractivity contribution in [3.8, 4) is 22.3 Å². The first kappa shape index (κ1) is 21.6. The highest BCUT2D eigenvalue weighted by Gasteiger charge is 2.16. The van der Waals surface area contributed by atoms with Crippen LogP contribution in [0.15, 0.2) is 83.8 Å². The minimum absolute atomic E-state index is 0.0715. The van der Waals surface area contributed by atoms with Gasteiger partial charge in [-0.15, -0.1) is 0 Å². The lowest BCUT2D eigenvalue weighted by molar-refractivity contribution is 0.614. The molecule has 5 nitrogen and oxygen atoms in total. The second kappa shape index (κ2) is 9.23. The zero-order chi connectivity index (χ0) is 22.7. The maximum absolute atomic E-state index is 13.5. The molecule has 0 spiro atoms. The summed E-state index contributed by atoms with van der Waals surface area (Å²) in [4.78, 5) is 13.4. The van der Waals surface area contributed by atoms with Crippen LogP contribution in [-0.4, -0.2) is 18.2 Å². The summed E-state index contributed by atoms with van der Waals surface area (Å²) >= 11 is 0. The van der Waals surface area contributed by atoms with E-state index in [0.29, 0.717) is 33.4 Å². The van der Waals surface area contributed by atoms with Crippen molar-refractivity contribution in [2.24, 2.45) is 0 Å². The van der Waals surface area contributed by atoms with E-state index in [2.05, 4.69) is 5.10 Å². The van der Waals surface area contributed by atoms with E-state index in [-0.39, 0.29) is 23.7 Å². The molecule has 0 aliphatic carbocycles. The van der Waals surface area contributed by atoms with Crippen LogP contribution in [-0.2, 0) is 23.0 Å². The second-order valence-corrected chi connectivity index (χ2v) is 8.20. The summed E-state index contributed by atoms with van der Waals surface area (Å²) in [5, 5.41) is 4.29. The average Bonchev–Trinajstić information content (AvgIpc) is 2.77. The monoisotopic (exact) mass is 452 g/mol. The maximum atomic E-state index is 13.5. The predicted octanol–water partition coefficient (Wildman–Crippen LogP) is 4.02. The van der Waals surface area contributed by atoms with Crippen molar-refractivity contribution in [3.63, 3.8) is 0 Å². The molecule has 0 N–H and O–H groups in total. The van der Waals surface area contributed by atoms with E-state index >= 15 is 0 Å². The van der Waals surface area contributed by atoms with Crippen molar-refractivity contribution >= 4 is 10.7 Å². The van der Waals surface area contributed by atoms with Crippen LogP contribution in [0.5, 0.6) is 0 Å². The number of hydrogen-bond acceptors (Lipinski definition) is 4. The molecule has 1 heterocycles. The largest absolute Gasteiger partial charge is 0.275 e. The molecular weight excluding hydrogens is 434 g/mol. The molecule has 0 saturated heterocycles. The van der Waals surface area contributed by atoms with Crippen LogP contribution in [0.3, 0.4) is 0 Å². The van der Waals surface area contributed by atoms with Crippen molar-refractivity contribution in [2.45, 2.75) is 12.3 Å². The van der Waals surface area contributed by atoms with Crippen LogP contribution in [0.1, 0.15) is 11.1 Å². The highest BCUT2D eigenvalue weighted by molar-refractivity contribution is 7.71. The van der Waals surface area contributed by atoms with Gasteiger partial charge in [-0.25, -0.2) is 21.9 Å². The molecule has 4 aromatic rings. The third kappa shape index (κ3) is 4.81. The van der Waals surface area contributed by atoms with Crippen molar-refractivity contribution in [3.05, 3.63) is 112 Å². The summed E-state index contributed by atoms with van der Waals surface area (Å²) in [5.41, 5.74) is 3.02. The van der Waals surface area contributed by atoms with Gasteiger partial charge in [0.25, 0.3) is 5.56 Å². The Morgan fingerprint density at radius 2 is 1.28 bits per heavy atom.